The first kappa shape index (κ1) is 11.0. The van der Waals surface area contributed by atoms with Crippen molar-refractivity contribution in [1.82, 2.24) is 4.90 Å². The van der Waals surface area contributed by atoms with Crippen LogP contribution in [0, 0.1) is 11.8 Å². The van der Waals surface area contributed by atoms with Gasteiger partial charge in [0.1, 0.15) is 0 Å². The molecule has 1 N–H and O–H groups in total. The molecule has 3 atom stereocenters. The smallest absolute Gasteiger partial charge is 0.394 e. The molecular weight excluding hydrogens is 182 g/mol. The third kappa shape index (κ3) is 2.05. The number of carboxylic acids is 1. The second kappa shape index (κ2) is 3.98. The van der Waals surface area contributed by atoms with Crippen molar-refractivity contribution in [2.45, 2.75) is 33.2 Å². The Morgan fingerprint density at radius 3 is 2.36 bits per heavy atom. The summed E-state index contributed by atoms with van der Waals surface area (Å²) >= 11 is 0. The van der Waals surface area contributed by atoms with Crippen LogP contribution in [-0.4, -0.2) is 34.5 Å². The van der Waals surface area contributed by atoms with Crippen LogP contribution in [0.25, 0.3) is 0 Å². The van der Waals surface area contributed by atoms with Crippen molar-refractivity contribution in [3.8, 4) is 0 Å². The molecule has 0 aliphatic carbocycles. The monoisotopic (exact) mass is 199 g/mol. The van der Waals surface area contributed by atoms with Crippen LogP contribution in [0.2, 0.25) is 0 Å². The van der Waals surface area contributed by atoms with Gasteiger partial charge in [-0.15, -0.1) is 0 Å². The first-order valence-corrected chi connectivity index (χ1v) is 4.97. The van der Waals surface area contributed by atoms with E-state index in [2.05, 4.69) is 6.92 Å². The van der Waals surface area contributed by atoms with E-state index >= 15 is 0 Å². The highest BCUT2D eigenvalue weighted by molar-refractivity contribution is 6.31. The molecule has 1 rings (SSSR count). The zero-order valence-electron chi connectivity index (χ0n) is 8.86. The molecule has 0 aromatic rings. The van der Waals surface area contributed by atoms with Crippen LogP contribution < -0.4 is 0 Å². The lowest BCUT2D eigenvalue weighted by atomic mass is 9.86. The van der Waals surface area contributed by atoms with Gasteiger partial charge in [-0.3, -0.25) is 4.79 Å². The van der Waals surface area contributed by atoms with Crippen LogP contribution in [0.15, 0.2) is 0 Å². The first-order chi connectivity index (χ1) is 6.43. The van der Waals surface area contributed by atoms with E-state index in [4.69, 9.17) is 5.11 Å². The standard InChI is InChI=1S/C10H17NO3/c1-6-4-7(2)8(3)11(5-6)9(12)10(13)14/h6-8H,4-5H2,1-3H3,(H,13,14). The topological polar surface area (TPSA) is 57.6 Å². The van der Waals surface area contributed by atoms with Gasteiger partial charge in [0.2, 0.25) is 0 Å². The lowest BCUT2D eigenvalue weighted by Gasteiger charge is -2.40. The van der Waals surface area contributed by atoms with Crippen molar-refractivity contribution in [3.05, 3.63) is 0 Å². The first-order valence-electron chi connectivity index (χ1n) is 4.97. The van der Waals surface area contributed by atoms with Crippen molar-refractivity contribution in [2.75, 3.05) is 6.54 Å². The Balaban J connectivity index is 2.76. The van der Waals surface area contributed by atoms with Gasteiger partial charge in [0.25, 0.3) is 0 Å². The summed E-state index contributed by atoms with van der Waals surface area (Å²) in [6, 6.07) is 0.0369. The van der Waals surface area contributed by atoms with E-state index in [0.717, 1.165) is 6.42 Å². The molecule has 1 amide bonds. The fraction of sp³-hybridized carbons (Fsp3) is 0.800. The highest BCUT2D eigenvalue weighted by Crippen LogP contribution is 2.26. The summed E-state index contributed by atoms with van der Waals surface area (Å²) in [6.07, 6.45) is 1.06. The molecule has 0 aromatic carbocycles. The maximum atomic E-state index is 11.3. The van der Waals surface area contributed by atoms with E-state index in [1.165, 1.54) is 4.90 Å². The number of hydrogen-bond acceptors (Lipinski definition) is 2. The molecule has 14 heavy (non-hydrogen) atoms. The van der Waals surface area contributed by atoms with Gasteiger partial charge in [0, 0.05) is 12.6 Å². The van der Waals surface area contributed by atoms with Gasteiger partial charge >= 0.3 is 11.9 Å². The second-order valence-corrected chi connectivity index (χ2v) is 4.32. The quantitative estimate of drug-likeness (QED) is 0.591. The lowest BCUT2D eigenvalue weighted by Crippen LogP contribution is -2.51. The molecule has 3 unspecified atom stereocenters. The predicted octanol–water partition coefficient (Wildman–Crippen LogP) is 0.964. The fourth-order valence-electron chi connectivity index (χ4n) is 2.11. The minimum absolute atomic E-state index is 0.0369. The number of carbonyl (C=O) groups excluding carboxylic acids is 1. The molecular formula is C10H17NO3. The predicted molar refractivity (Wildman–Crippen MR) is 51.8 cm³/mol. The van der Waals surface area contributed by atoms with Crippen molar-refractivity contribution in [2.24, 2.45) is 11.8 Å². The number of aliphatic carboxylic acids is 1. The Kier molecular flexibility index (Phi) is 3.13. The molecule has 0 saturated carbocycles. The van der Waals surface area contributed by atoms with Crippen LogP contribution in [-0.2, 0) is 9.59 Å². The SMILES string of the molecule is CC1CC(C)C(C)N(C(=O)C(=O)O)C1. The second-order valence-electron chi connectivity index (χ2n) is 4.32. The van der Waals surface area contributed by atoms with Crippen LogP contribution >= 0.6 is 0 Å². The van der Waals surface area contributed by atoms with E-state index in [-0.39, 0.29) is 6.04 Å². The minimum Gasteiger partial charge on any atom is -0.474 e. The van der Waals surface area contributed by atoms with Crippen LogP contribution in [0.3, 0.4) is 0 Å². The molecule has 4 nitrogen and oxygen atoms in total. The van der Waals surface area contributed by atoms with Crippen molar-refractivity contribution >= 4 is 11.9 Å². The molecule has 1 aliphatic rings. The summed E-state index contributed by atoms with van der Waals surface area (Å²) in [5, 5.41) is 8.63. The van der Waals surface area contributed by atoms with Crippen molar-refractivity contribution < 1.29 is 14.7 Å². The number of piperidine rings is 1. The molecule has 1 saturated heterocycles. The number of rotatable bonds is 0. The molecule has 80 valence electrons. The third-order valence-corrected chi connectivity index (χ3v) is 3.04. The van der Waals surface area contributed by atoms with Crippen LogP contribution in [0.4, 0.5) is 0 Å². The van der Waals surface area contributed by atoms with Gasteiger partial charge < -0.3 is 10.0 Å². The zero-order chi connectivity index (χ0) is 10.9. The number of carbonyl (C=O) groups is 2. The summed E-state index contributed by atoms with van der Waals surface area (Å²) in [5.74, 6) is -1.35. The van der Waals surface area contributed by atoms with E-state index in [1.807, 2.05) is 13.8 Å². The number of hydrogen-bond donors (Lipinski definition) is 1. The van der Waals surface area contributed by atoms with Crippen LogP contribution in [0.5, 0.6) is 0 Å². The molecule has 1 fully saturated rings. The fourth-order valence-corrected chi connectivity index (χ4v) is 2.11. The van der Waals surface area contributed by atoms with Crippen molar-refractivity contribution in [1.29, 1.82) is 0 Å². The Morgan fingerprint density at radius 1 is 1.29 bits per heavy atom. The molecule has 0 aromatic heterocycles. The molecule has 0 spiro atoms. The number of carboxylic acid groups (broad SMARTS) is 1. The maximum absolute atomic E-state index is 11.3. The highest BCUT2D eigenvalue weighted by Gasteiger charge is 2.34. The molecule has 0 bridgehead atoms. The largest absolute Gasteiger partial charge is 0.474 e. The van der Waals surface area contributed by atoms with Gasteiger partial charge in [-0.1, -0.05) is 13.8 Å². The molecule has 1 heterocycles. The Labute approximate surface area is 83.9 Å². The molecule has 1 aliphatic heterocycles. The maximum Gasteiger partial charge on any atom is 0.394 e. The van der Waals surface area contributed by atoms with Gasteiger partial charge in [0.15, 0.2) is 0 Å². The summed E-state index contributed by atoms with van der Waals surface area (Å²) in [5.41, 5.74) is 0. The normalized spacial score (nSPS) is 32.8. The van der Waals surface area contributed by atoms with Gasteiger partial charge in [-0.2, -0.15) is 0 Å². The van der Waals surface area contributed by atoms with E-state index in [9.17, 15) is 9.59 Å². The minimum atomic E-state index is -1.35. The number of nitrogens with zero attached hydrogens (tertiary/aromatic N) is 1. The van der Waals surface area contributed by atoms with Gasteiger partial charge in [-0.05, 0) is 25.2 Å². The molecule has 0 radical (unpaired) electrons. The van der Waals surface area contributed by atoms with Gasteiger partial charge in [0.05, 0.1) is 0 Å². The Morgan fingerprint density at radius 2 is 1.86 bits per heavy atom. The van der Waals surface area contributed by atoms with Crippen molar-refractivity contribution in [3.63, 3.8) is 0 Å². The van der Waals surface area contributed by atoms with Gasteiger partial charge in [-0.25, -0.2) is 4.79 Å². The summed E-state index contributed by atoms with van der Waals surface area (Å²) < 4.78 is 0. The average molecular weight is 199 g/mol. The van der Waals surface area contributed by atoms with Crippen LogP contribution in [0.1, 0.15) is 27.2 Å². The number of amides is 1. The third-order valence-electron chi connectivity index (χ3n) is 3.04. The average Bonchev–Trinajstić information content (AvgIpc) is 2.09. The highest BCUT2D eigenvalue weighted by atomic mass is 16.4. The molecule has 4 heteroatoms. The Hall–Kier alpha value is -1.06. The Bertz CT molecular complexity index is 252. The number of likely N-dealkylation sites (tertiary alicyclic amines) is 1. The lowest BCUT2D eigenvalue weighted by molar-refractivity contribution is -0.159. The summed E-state index contributed by atoms with van der Waals surface area (Å²) in [7, 11) is 0. The van der Waals surface area contributed by atoms with E-state index in [1.54, 1.807) is 0 Å². The summed E-state index contributed by atoms with van der Waals surface area (Å²) in [4.78, 5) is 23.4. The van der Waals surface area contributed by atoms with E-state index < -0.39 is 11.9 Å². The van der Waals surface area contributed by atoms with E-state index in [0.29, 0.717) is 18.4 Å². The summed E-state index contributed by atoms with van der Waals surface area (Å²) in [6.45, 7) is 6.58. The zero-order valence-corrected chi connectivity index (χ0v) is 8.86.